The molecule has 0 saturated carbocycles. The van der Waals surface area contributed by atoms with Gasteiger partial charge >= 0.3 is 0 Å². The van der Waals surface area contributed by atoms with Gasteiger partial charge in [0.1, 0.15) is 10.8 Å². The van der Waals surface area contributed by atoms with Crippen LogP contribution in [0.25, 0.3) is 10.6 Å². The van der Waals surface area contributed by atoms with Crippen molar-refractivity contribution in [3.05, 3.63) is 64.6 Å². The predicted octanol–water partition coefficient (Wildman–Crippen LogP) is 4.65. The first kappa shape index (κ1) is 16.5. The summed E-state index contributed by atoms with van der Waals surface area (Å²) in [4.78, 5) is 16.7. The van der Waals surface area contributed by atoms with Gasteiger partial charge in [-0.3, -0.25) is 4.79 Å². The van der Waals surface area contributed by atoms with Crippen LogP contribution in [0, 0.1) is 0 Å². The molecule has 0 saturated heterocycles. The number of ether oxygens (including phenoxy) is 1. The summed E-state index contributed by atoms with van der Waals surface area (Å²) in [6.07, 6.45) is 0.207. The molecule has 0 atom stereocenters. The second-order valence-electron chi connectivity index (χ2n) is 5.08. The Hall–Kier alpha value is -2.37. The number of halogens is 1. The second kappa shape index (κ2) is 7.47. The Balaban J connectivity index is 1.68. The third kappa shape index (κ3) is 3.93. The van der Waals surface area contributed by atoms with Crippen molar-refractivity contribution in [2.24, 2.45) is 0 Å². The molecule has 0 aliphatic heterocycles. The second-order valence-corrected chi connectivity index (χ2v) is 6.35. The van der Waals surface area contributed by atoms with E-state index in [-0.39, 0.29) is 12.3 Å². The van der Waals surface area contributed by atoms with E-state index in [9.17, 15) is 4.79 Å². The van der Waals surface area contributed by atoms with Gasteiger partial charge in [0, 0.05) is 22.7 Å². The third-order valence-electron chi connectivity index (χ3n) is 3.35. The van der Waals surface area contributed by atoms with Gasteiger partial charge in [0.2, 0.25) is 5.91 Å². The van der Waals surface area contributed by atoms with Crippen molar-refractivity contribution in [3.63, 3.8) is 0 Å². The maximum atomic E-state index is 12.2. The molecule has 0 aliphatic rings. The fourth-order valence-electron chi connectivity index (χ4n) is 2.22. The smallest absolute Gasteiger partial charge is 0.230 e. The molecule has 1 heterocycles. The molecule has 1 aromatic heterocycles. The van der Waals surface area contributed by atoms with Gasteiger partial charge in [-0.1, -0.05) is 35.9 Å². The summed E-state index contributed by atoms with van der Waals surface area (Å²) in [7, 11) is 1.59. The van der Waals surface area contributed by atoms with Gasteiger partial charge in [0.05, 0.1) is 24.2 Å². The SMILES string of the molecule is COc1cccc(NC(=O)Cc2csc(-c3ccccc3Cl)n2)c1. The largest absolute Gasteiger partial charge is 0.497 e. The quantitative estimate of drug-likeness (QED) is 0.722. The van der Waals surface area contributed by atoms with Crippen molar-refractivity contribution in [3.8, 4) is 16.3 Å². The van der Waals surface area contributed by atoms with Crippen LogP contribution in [0.4, 0.5) is 5.69 Å². The summed E-state index contributed by atoms with van der Waals surface area (Å²) < 4.78 is 5.14. The number of hydrogen-bond donors (Lipinski definition) is 1. The predicted molar refractivity (Wildman–Crippen MR) is 97.9 cm³/mol. The zero-order valence-electron chi connectivity index (χ0n) is 13.0. The van der Waals surface area contributed by atoms with Gasteiger partial charge in [0.15, 0.2) is 0 Å². The molecule has 3 rings (SSSR count). The lowest BCUT2D eigenvalue weighted by molar-refractivity contribution is -0.115. The molecule has 6 heteroatoms. The highest BCUT2D eigenvalue weighted by Gasteiger charge is 2.11. The highest BCUT2D eigenvalue weighted by molar-refractivity contribution is 7.13. The van der Waals surface area contributed by atoms with Gasteiger partial charge in [0.25, 0.3) is 0 Å². The molecule has 0 spiro atoms. The average Bonchev–Trinajstić information content (AvgIpc) is 3.03. The van der Waals surface area contributed by atoms with E-state index in [0.29, 0.717) is 16.5 Å². The fourth-order valence-corrected chi connectivity index (χ4v) is 3.36. The minimum absolute atomic E-state index is 0.126. The Morgan fingerprint density at radius 1 is 1.25 bits per heavy atom. The molecule has 24 heavy (non-hydrogen) atoms. The average molecular weight is 359 g/mol. The zero-order valence-corrected chi connectivity index (χ0v) is 14.5. The van der Waals surface area contributed by atoms with Crippen molar-refractivity contribution >= 4 is 34.5 Å². The molecule has 122 valence electrons. The van der Waals surface area contributed by atoms with E-state index in [4.69, 9.17) is 16.3 Å². The van der Waals surface area contributed by atoms with E-state index in [1.54, 1.807) is 13.2 Å². The van der Waals surface area contributed by atoms with E-state index in [0.717, 1.165) is 16.3 Å². The van der Waals surface area contributed by atoms with Crippen LogP contribution < -0.4 is 10.1 Å². The minimum Gasteiger partial charge on any atom is -0.497 e. The number of anilines is 1. The standard InChI is InChI=1S/C18H15ClN2O2S/c1-23-14-6-4-5-12(9-14)20-17(22)10-13-11-24-18(21-13)15-7-2-3-8-16(15)19/h2-9,11H,10H2,1H3,(H,20,22). The lowest BCUT2D eigenvalue weighted by Crippen LogP contribution is -2.14. The fraction of sp³-hybridized carbons (Fsp3) is 0.111. The zero-order chi connectivity index (χ0) is 16.9. The molecule has 0 bridgehead atoms. The summed E-state index contributed by atoms with van der Waals surface area (Å²) in [5, 5.41) is 6.19. The molecule has 0 unspecified atom stereocenters. The molecule has 0 fully saturated rings. The Morgan fingerprint density at radius 3 is 2.88 bits per heavy atom. The third-order valence-corrected chi connectivity index (χ3v) is 4.61. The number of rotatable bonds is 5. The number of amides is 1. The minimum atomic E-state index is -0.126. The van der Waals surface area contributed by atoms with Gasteiger partial charge < -0.3 is 10.1 Å². The molecule has 0 radical (unpaired) electrons. The van der Waals surface area contributed by atoms with Gasteiger partial charge in [-0.25, -0.2) is 4.98 Å². The van der Waals surface area contributed by atoms with Crippen molar-refractivity contribution in [1.82, 2.24) is 4.98 Å². The lowest BCUT2D eigenvalue weighted by Gasteiger charge is -2.06. The number of nitrogens with one attached hydrogen (secondary N) is 1. The Kier molecular flexibility index (Phi) is 5.13. The van der Waals surface area contributed by atoms with Crippen LogP contribution >= 0.6 is 22.9 Å². The Labute approximate surface area is 149 Å². The summed E-state index contributed by atoms with van der Waals surface area (Å²) >= 11 is 7.66. The summed E-state index contributed by atoms with van der Waals surface area (Å²) in [6.45, 7) is 0. The first-order valence-electron chi connectivity index (χ1n) is 7.29. The van der Waals surface area contributed by atoms with Crippen molar-refractivity contribution < 1.29 is 9.53 Å². The van der Waals surface area contributed by atoms with Gasteiger partial charge in [-0.15, -0.1) is 11.3 Å². The molecule has 1 N–H and O–H groups in total. The van der Waals surface area contributed by atoms with E-state index in [1.165, 1.54) is 11.3 Å². The number of thiazole rings is 1. The van der Waals surface area contributed by atoms with Crippen LogP contribution in [0.3, 0.4) is 0 Å². The van der Waals surface area contributed by atoms with Crippen LogP contribution in [0.2, 0.25) is 5.02 Å². The van der Waals surface area contributed by atoms with Crippen LogP contribution in [0.5, 0.6) is 5.75 Å². The maximum absolute atomic E-state index is 12.2. The van der Waals surface area contributed by atoms with E-state index < -0.39 is 0 Å². The number of methoxy groups -OCH3 is 1. The molecule has 2 aromatic carbocycles. The van der Waals surface area contributed by atoms with Crippen LogP contribution in [0.1, 0.15) is 5.69 Å². The van der Waals surface area contributed by atoms with Crippen LogP contribution in [-0.4, -0.2) is 18.0 Å². The number of benzene rings is 2. The van der Waals surface area contributed by atoms with E-state index in [2.05, 4.69) is 10.3 Å². The molecule has 1 amide bonds. The Bertz CT molecular complexity index is 863. The highest BCUT2D eigenvalue weighted by atomic mass is 35.5. The molecular weight excluding hydrogens is 344 g/mol. The maximum Gasteiger partial charge on any atom is 0.230 e. The first-order valence-corrected chi connectivity index (χ1v) is 8.54. The van der Waals surface area contributed by atoms with Crippen molar-refractivity contribution in [2.45, 2.75) is 6.42 Å². The number of nitrogens with zero attached hydrogens (tertiary/aromatic N) is 1. The van der Waals surface area contributed by atoms with Crippen molar-refractivity contribution in [1.29, 1.82) is 0 Å². The summed E-state index contributed by atoms with van der Waals surface area (Å²) in [5.74, 6) is 0.571. The van der Waals surface area contributed by atoms with Crippen molar-refractivity contribution in [2.75, 3.05) is 12.4 Å². The topological polar surface area (TPSA) is 51.2 Å². The van der Waals surface area contributed by atoms with Crippen LogP contribution in [0.15, 0.2) is 53.9 Å². The number of hydrogen-bond acceptors (Lipinski definition) is 4. The number of carbonyl (C=O) groups excluding carboxylic acids is 1. The first-order chi connectivity index (χ1) is 11.7. The van der Waals surface area contributed by atoms with Gasteiger partial charge in [-0.05, 0) is 18.2 Å². The summed E-state index contributed by atoms with van der Waals surface area (Å²) in [6, 6.07) is 14.8. The molecule has 4 nitrogen and oxygen atoms in total. The normalized spacial score (nSPS) is 10.4. The van der Waals surface area contributed by atoms with Gasteiger partial charge in [-0.2, -0.15) is 0 Å². The number of aromatic nitrogens is 1. The van der Waals surface area contributed by atoms with E-state index in [1.807, 2.05) is 47.8 Å². The van der Waals surface area contributed by atoms with Crippen LogP contribution in [-0.2, 0) is 11.2 Å². The lowest BCUT2D eigenvalue weighted by atomic mass is 10.2. The summed E-state index contributed by atoms with van der Waals surface area (Å²) in [5.41, 5.74) is 2.29. The Morgan fingerprint density at radius 2 is 2.08 bits per heavy atom. The molecule has 0 aliphatic carbocycles. The monoisotopic (exact) mass is 358 g/mol. The highest BCUT2D eigenvalue weighted by Crippen LogP contribution is 2.30. The number of carbonyl (C=O) groups is 1. The molecule has 3 aromatic rings. The molecular formula is C18H15ClN2O2S. The van der Waals surface area contributed by atoms with E-state index >= 15 is 0 Å².